The second kappa shape index (κ2) is 5.33. The second-order valence-corrected chi connectivity index (χ2v) is 3.77. The minimum Gasteiger partial charge on any atom is -0.438 e. The van der Waals surface area contributed by atoms with Gasteiger partial charge in [-0.1, -0.05) is 5.16 Å². The Morgan fingerprint density at radius 3 is 2.81 bits per heavy atom. The van der Waals surface area contributed by atoms with Crippen LogP contribution in [0.5, 0.6) is 0 Å². The SMILES string of the molecule is NC(=O)O[C@H](CO)c1cc(C(N)=NO)cs1. The van der Waals surface area contributed by atoms with Crippen LogP contribution in [0.3, 0.4) is 0 Å². The minimum absolute atomic E-state index is 0.0572. The fraction of sp³-hybridized carbons (Fsp3) is 0.250. The Morgan fingerprint density at radius 2 is 2.31 bits per heavy atom. The van der Waals surface area contributed by atoms with Gasteiger partial charge in [-0.15, -0.1) is 11.3 Å². The van der Waals surface area contributed by atoms with Crippen LogP contribution < -0.4 is 11.5 Å². The lowest BCUT2D eigenvalue weighted by Gasteiger charge is -2.11. The van der Waals surface area contributed by atoms with E-state index >= 15 is 0 Å². The average molecular weight is 245 g/mol. The molecule has 1 amide bonds. The summed E-state index contributed by atoms with van der Waals surface area (Å²) < 4.78 is 4.67. The van der Waals surface area contributed by atoms with Gasteiger partial charge in [0.2, 0.25) is 0 Å². The van der Waals surface area contributed by atoms with E-state index in [-0.39, 0.29) is 12.4 Å². The van der Waals surface area contributed by atoms with Crippen LogP contribution in [0.1, 0.15) is 16.5 Å². The monoisotopic (exact) mass is 245 g/mol. The lowest BCUT2D eigenvalue weighted by atomic mass is 10.2. The first-order chi connectivity index (χ1) is 7.58. The summed E-state index contributed by atoms with van der Waals surface area (Å²) in [6, 6.07) is 1.55. The van der Waals surface area contributed by atoms with Crippen LogP contribution in [0.15, 0.2) is 16.6 Å². The number of nitrogens with zero attached hydrogens (tertiary/aromatic N) is 1. The van der Waals surface area contributed by atoms with Gasteiger partial charge >= 0.3 is 6.09 Å². The van der Waals surface area contributed by atoms with Crippen molar-refractivity contribution in [2.75, 3.05) is 6.61 Å². The summed E-state index contributed by atoms with van der Waals surface area (Å²) >= 11 is 1.20. The number of hydrogen-bond donors (Lipinski definition) is 4. The number of amides is 1. The first-order valence-corrected chi connectivity index (χ1v) is 5.09. The van der Waals surface area contributed by atoms with Gasteiger partial charge in [-0.2, -0.15) is 0 Å². The Balaban J connectivity index is 2.86. The van der Waals surface area contributed by atoms with Crippen LogP contribution >= 0.6 is 11.3 Å². The normalized spacial score (nSPS) is 13.4. The Morgan fingerprint density at radius 1 is 1.62 bits per heavy atom. The zero-order chi connectivity index (χ0) is 12.1. The van der Waals surface area contributed by atoms with Crippen molar-refractivity contribution in [2.45, 2.75) is 6.10 Å². The molecular formula is C8H11N3O4S. The second-order valence-electron chi connectivity index (χ2n) is 2.83. The van der Waals surface area contributed by atoms with E-state index in [9.17, 15) is 4.79 Å². The van der Waals surface area contributed by atoms with Gasteiger partial charge in [0.25, 0.3) is 0 Å². The summed E-state index contributed by atoms with van der Waals surface area (Å²) in [6.45, 7) is -0.390. The summed E-state index contributed by atoms with van der Waals surface area (Å²) in [7, 11) is 0. The molecule has 7 nitrogen and oxygen atoms in total. The molecule has 0 saturated carbocycles. The molecule has 1 atom stereocenters. The van der Waals surface area contributed by atoms with Crippen LogP contribution in [0.4, 0.5) is 4.79 Å². The molecule has 0 spiro atoms. The molecule has 0 saturated heterocycles. The van der Waals surface area contributed by atoms with Gasteiger partial charge in [0.15, 0.2) is 11.9 Å². The Kier molecular flexibility index (Phi) is 4.09. The predicted octanol–water partition coefficient (Wildman–Crippen LogP) is -0.0287. The van der Waals surface area contributed by atoms with E-state index in [2.05, 4.69) is 9.89 Å². The molecule has 1 rings (SSSR count). The van der Waals surface area contributed by atoms with Crippen molar-refractivity contribution in [3.63, 3.8) is 0 Å². The van der Waals surface area contributed by atoms with E-state index < -0.39 is 12.2 Å². The van der Waals surface area contributed by atoms with E-state index in [1.807, 2.05) is 0 Å². The summed E-state index contributed by atoms with van der Waals surface area (Å²) in [5.74, 6) is -0.0572. The highest BCUT2D eigenvalue weighted by Crippen LogP contribution is 2.24. The highest BCUT2D eigenvalue weighted by atomic mass is 32.1. The third-order valence-corrected chi connectivity index (χ3v) is 2.79. The quantitative estimate of drug-likeness (QED) is 0.256. The standard InChI is InChI=1S/C8H11N3O4S/c9-7(11-14)4-1-6(16-3-4)5(2-12)15-8(10)13/h1,3,5,12,14H,2H2,(H2,9,11)(H2,10,13)/t5-/m1/s1. The molecule has 0 fully saturated rings. The van der Waals surface area contributed by atoms with Gasteiger partial charge in [0.05, 0.1) is 6.61 Å². The van der Waals surface area contributed by atoms with E-state index in [0.717, 1.165) is 0 Å². The molecule has 0 radical (unpaired) electrons. The molecule has 0 aliphatic carbocycles. The number of ether oxygens (including phenoxy) is 1. The lowest BCUT2D eigenvalue weighted by molar-refractivity contribution is 0.0653. The Hall–Kier alpha value is -1.80. The maximum absolute atomic E-state index is 10.5. The van der Waals surface area contributed by atoms with Crippen LogP contribution in [-0.2, 0) is 4.74 Å². The number of hydrogen-bond acceptors (Lipinski definition) is 6. The van der Waals surface area contributed by atoms with Gasteiger partial charge in [-0.05, 0) is 6.07 Å². The smallest absolute Gasteiger partial charge is 0.405 e. The van der Waals surface area contributed by atoms with Crippen molar-refractivity contribution in [2.24, 2.45) is 16.6 Å². The van der Waals surface area contributed by atoms with Gasteiger partial charge in [0, 0.05) is 15.8 Å². The minimum atomic E-state index is -0.974. The van der Waals surface area contributed by atoms with E-state index in [4.69, 9.17) is 21.8 Å². The first kappa shape index (κ1) is 12.3. The summed E-state index contributed by atoms with van der Waals surface area (Å²) in [5.41, 5.74) is 10.7. The van der Waals surface area contributed by atoms with Crippen molar-refractivity contribution in [3.8, 4) is 0 Å². The van der Waals surface area contributed by atoms with E-state index in [0.29, 0.717) is 10.4 Å². The molecule has 88 valence electrons. The molecule has 0 bridgehead atoms. The number of carbonyl (C=O) groups is 1. The lowest BCUT2D eigenvalue weighted by Crippen LogP contribution is -2.19. The zero-order valence-corrected chi connectivity index (χ0v) is 8.98. The number of amidine groups is 1. The van der Waals surface area contributed by atoms with Crippen LogP contribution in [0.2, 0.25) is 0 Å². The fourth-order valence-electron chi connectivity index (χ4n) is 1.04. The summed E-state index contributed by atoms with van der Waals surface area (Å²) in [5, 5.41) is 21.9. The number of thiophene rings is 1. The largest absolute Gasteiger partial charge is 0.438 e. The number of aliphatic hydroxyl groups excluding tert-OH is 1. The topological polar surface area (TPSA) is 131 Å². The number of aliphatic hydroxyl groups is 1. The Labute approximate surface area is 94.9 Å². The molecule has 0 aliphatic heterocycles. The van der Waals surface area contributed by atoms with Crippen molar-refractivity contribution in [1.29, 1.82) is 0 Å². The van der Waals surface area contributed by atoms with Crippen molar-refractivity contribution >= 4 is 23.3 Å². The third kappa shape index (κ3) is 2.84. The van der Waals surface area contributed by atoms with Gasteiger partial charge < -0.3 is 26.5 Å². The highest BCUT2D eigenvalue weighted by molar-refractivity contribution is 7.10. The fourth-order valence-corrected chi connectivity index (χ4v) is 1.96. The molecule has 1 aromatic heterocycles. The van der Waals surface area contributed by atoms with Crippen LogP contribution in [0, 0.1) is 0 Å². The van der Waals surface area contributed by atoms with E-state index in [1.54, 1.807) is 11.4 Å². The third-order valence-electron chi connectivity index (χ3n) is 1.76. The van der Waals surface area contributed by atoms with Crippen LogP contribution in [-0.4, -0.2) is 28.8 Å². The molecule has 8 heteroatoms. The first-order valence-electron chi connectivity index (χ1n) is 4.21. The molecule has 0 aliphatic rings. The number of primary amides is 1. The maximum atomic E-state index is 10.5. The summed E-state index contributed by atoms with van der Waals surface area (Å²) in [4.78, 5) is 11.1. The number of carbonyl (C=O) groups excluding carboxylic acids is 1. The zero-order valence-electron chi connectivity index (χ0n) is 8.16. The van der Waals surface area contributed by atoms with Crippen LogP contribution in [0.25, 0.3) is 0 Å². The number of nitrogens with two attached hydrogens (primary N) is 2. The van der Waals surface area contributed by atoms with Crippen molar-refractivity contribution in [1.82, 2.24) is 0 Å². The molecule has 0 unspecified atom stereocenters. The Bertz CT molecular complexity index is 404. The summed E-state index contributed by atoms with van der Waals surface area (Å²) in [6.07, 6.45) is -1.81. The molecule has 0 aromatic carbocycles. The number of rotatable bonds is 4. The molecule has 6 N–H and O–H groups in total. The molecule has 1 aromatic rings. The van der Waals surface area contributed by atoms with Gasteiger partial charge in [-0.3, -0.25) is 0 Å². The predicted molar refractivity (Wildman–Crippen MR) is 57.3 cm³/mol. The highest BCUT2D eigenvalue weighted by Gasteiger charge is 2.17. The average Bonchev–Trinajstić information content (AvgIpc) is 2.73. The molecule has 1 heterocycles. The molecule has 16 heavy (non-hydrogen) atoms. The van der Waals surface area contributed by atoms with Crippen molar-refractivity contribution < 1.29 is 19.8 Å². The van der Waals surface area contributed by atoms with Crippen molar-refractivity contribution in [3.05, 3.63) is 21.9 Å². The number of oxime groups is 1. The maximum Gasteiger partial charge on any atom is 0.405 e. The van der Waals surface area contributed by atoms with Gasteiger partial charge in [0.1, 0.15) is 0 Å². The van der Waals surface area contributed by atoms with E-state index in [1.165, 1.54) is 11.3 Å². The molecular weight excluding hydrogens is 234 g/mol. The van der Waals surface area contributed by atoms with Gasteiger partial charge in [-0.25, -0.2) is 4.79 Å².